The van der Waals surface area contributed by atoms with Crippen LogP contribution in [0.4, 0.5) is 0 Å². The number of nitriles is 1. The molecule has 1 heterocycles. The third-order valence-electron chi connectivity index (χ3n) is 3.49. The van der Waals surface area contributed by atoms with E-state index in [4.69, 9.17) is 14.7 Å². The summed E-state index contributed by atoms with van der Waals surface area (Å²) in [4.78, 5) is 12.5. The van der Waals surface area contributed by atoms with E-state index in [-0.39, 0.29) is 12.4 Å². The molecule has 2 aromatic rings. The first-order chi connectivity index (χ1) is 10.7. The van der Waals surface area contributed by atoms with E-state index in [2.05, 4.69) is 6.07 Å². The topological polar surface area (TPSA) is 59.3 Å². The van der Waals surface area contributed by atoms with Crippen LogP contribution < -0.4 is 9.47 Å². The summed E-state index contributed by atoms with van der Waals surface area (Å²) in [5, 5.41) is 9.12. The Hall–Kier alpha value is -3.06. The molecule has 1 aliphatic rings. The number of benzene rings is 2. The van der Waals surface area contributed by atoms with Crippen molar-refractivity contribution in [2.24, 2.45) is 0 Å². The standard InChI is InChI=1S/C18H13NO3/c1-21-16-7-6-12(8-13(16)10-19)9-14-11-22-17-5-3-2-4-15(17)18(14)20/h2-9H,11H2,1H3. The van der Waals surface area contributed by atoms with Gasteiger partial charge in [-0.3, -0.25) is 4.79 Å². The van der Waals surface area contributed by atoms with Gasteiger partial charge in [0, 0.05) is 5.57 Å². The van der Waals surface area contributed by atoms with Gasteiger partial charge < -0.3 is 9.47 Å². The minimum Gasteiger partial charge on any atom is -0.495 e. The van der Waals surface area contributed by atoms with Gasteiger partial charge in [0.1, 0.15) is 24.2 Å². The van der Waals surface area contributed by atoms with E-state index in [1.165, 1.54) is 7.11 Å². The number of fused-ring (bicyclic) bond motifs is 1. The van der Waals surface area contributed by atoms with E-state index in [0.717, 1.165) is 5.56 Å². The molecule has 0 saturated carbocycles. The summed E-state index contributed by atoms with van der Waals surface area (Å²) in [5.41, 5.74) is 2.33. The van der Waals surface area contributed by atoms with Crippen LogP contribution in [0.5, 0.6) is 11.5 Å². The van der Waals surface area contributed by atoms with E-state index in [0.29, 0.717) is 28.2 Å². The van der Waals surface area contributed by atoms with Gasteiger partial charge in [0.15, 0.2) is 5.78 Å². The fourth-order valence-corrected chi connectivity index (χ4v) is 2.39. The van der Waals surface area contributed by atoms with Gasteiger partial charge in [0.2, 0.25) is 0 Å². The van der Waals surface area contributed by atoms with Gasteiger partial charge in [-0.25, -0.2) is 0 Å². The SMILES string of the molecule is COc1ccc(C=C2COc3ccccc3C2=O)cc1C#N. The molecule has 0 fully saturated rings. The summed E-state index contributed by atoms with van der Waals surface area (Å²) in [6.45, 7) is 0.226. The second-order valence-electron chi connectivity index (χ2n) is 4.86. The van der Waals surface area contributed by atoms with Gasteiger partial charge in [-0.05, 0) is 35.9 Å². The molecule has 2 aromatic carbocycles. The summed E-state index contributed by atoms with van der Waals surface area (Å²) >= 11 is 0. The Morgan fingerprint density at radius 2 is 2.09 bits per heavy atom. The molecule has 0 aromatic heterocycles. The second kappa shape index (κ2) is 5.74. The summed E-state index contributed by atoms with van der Waals surface area (Å²) in [5.74, 6) is 1.08. The van der Waals surface area contributed by atoms with Gasteiger partial charge in [-0.15, -0.1) is 0 Å². The highest BCUT2D eigenvalue weighted by Gasteiger charge is 2.22. The number of hydrogen-bond acceptors (Lipinski definition) is 4. The monoisotopic (exact) mass is 291 g/mol. The first-order valence-electron chi connectivity index (χ1n) is 6.78. The molecule has 0 N–H and O–H groups in total. The van der Waals surface area contributed by atoms with Crippen LogP contribution in [0, 0.1) is 11.3 Å². The quantitative estimate of drug-likeness (QED) is 0.797. The maximum atomic E-state index is 12.5. The highest BCUT2D eigenvalue weighted by Crippen LogP contribution is 2.28. The van der Waals surface area contributed by atoms with Crippen LogP contribution in [-0.2, 0) is 0 Å². The average molecular weight is 291 g/mol. The number of carbonyl (C=O) groups is 1. The van der Waals surface area contributed by atoms with Crippen molar-refractivity contribution in [1.82, 2.24) is 0 Å². The molecule has 0 radical (unpaired) electrons. The van der Waals surface area contributed by atoms with E-state index >= 15 is 0 Å². The van der Waals surface area contributed by atoms with Crippen molar-refractivity contribution >= 4 is 11.9 Å². The number of Topliss-reactive ketones (excluding diaryl/α,β-unsaturated/α-hetero) is 1. The fourth-order valence-electron chi connectivity index (χ4n) is 2.39. The fraction of sp³-hybridized carbons (Fsp3) is 0.111. The molecule has 0 aliphatic carbocycles. The maximum Gasteiger partial charge on any atom is 0.196 e. The zero-order valence-electron chi connectivity index (χ0n) is 12.0. The van der Waals surface area contributed by atoms with Crippen LogP contribution >= 0.6 is 0 Å². The Kier molecular flexibility index (Phi) is 3.63. The molecule has 0 bridgehead atoms. The number of hydrogen-bond donors (Lipinski definition) is 0. The third-order valence-corrected chi connectivity index (χ3v) is 3.49. The number of ether oxygens (including phenoxy) is 2. The normalized spacial score (nSPS) is 14.9. The van der Waals surface area contributed by atoms with Crippen LogP contribution in [0.3, 0.4) is 0 Å². The molecular formula is C18H13NO3. The van der Waals surface area contributed by atoms with E-state index in [9.17, 15) is 4.79 Å². The Balaban J connectivity index is 1.97. The van der Waals surface area contributed by atoms with Crippen LogP contribution in [0.2, 0.25) is 0 Å². The van der Waals surface area contributed by atoms with Crippen molar-refractivity contribution in [2.45, 2.75) is 0 Å². The first-order valence-corrected chi connectivity index (χ1v) is 6.78. The van der Waals surface area contributed by atoms with E-state index in [1.54, 1.807) is 36.4 Å². The van der Waals surface area contributed by atoms with Crippen molar-refractivity contribution in [3.63, 3.8) is 0 Å². The molecule has 0 unspecified atom stereocenters. The summed E-state index contributed by atoms with van der Waals surface area (Å²) in [6.07, 6.45) is 1.75. The van der Waals surface area contributed by atoms with Crippen molar-refractivity contribution in [3.05, 3.63) is 64.7 Å². The lowest BCUT2D eigenvalue weighted by molar-refractivity contribution is 0.100. The molecule has 0 atom stereocenters. The van der Waals surface area contributed by atoms with Crippen molar-refractivity contribution in [2.75, 3.05) is 13.7 Å². The minimum atomic E-state index is -0.0452. The van der Waals surface area contributed by atoms with Gasteiger partial charge in [-0.2, -0.15) is 5.26 Å². The minimum absolute atomic E-state index is 0.0452. The van der Waals surface area contributed by atoms with Gasteiger partial charge >= 0.3 is 0 Å². The number of rotatable bonds is 2. The largest absolute Gasteiger partial charge is 0.495 e. The zero-order valence-corrected chi connectivity index (χ0v) is 12.0. The van der Waals surface area contributed by atoms with E-state index < -0.39 is 0 Å². The molecule has 0 amide bonds. The van der Waals surface area contributed by atoms with Crippen LogP contribution in [0.1, 0.15) is 21.5 Å². The van der Waals surface area contributed by atoms with Gasteiger partial charge in [0.25, 0.3) is 0 Å². The highest BCUT2D eigenvalue weighted by atomic mass is 16.5. The predicted octanol–water partition coefficient (Wildman–Crippen LogP) is 3.23. The van der Waals surface area contributed by atoms with Gasteiger partial charge in [0.05, 0.1) is 18.2 Å². The van der Waals surface area contributed by atoms with E-state index in [1.807, 2.05) is 12.1 Å². The Morgan fingerprint density at radius 3 is 2.86 bits per heavy atom. The van der Waals surface area contributed by atoms with Crippen molar-refractivity contribution in [3.8, 4) is 17.6 Å². The summed E-state index contributed by atoms with van der Waals surface area (Å²) in [6, 6.07) is 14.5. The maximum absolute atomic E-state index is 12.5. The van der Waals surface area contributed by atoms with Crippen LogP contribution in [0.15, 0.2) is 48.0 Å². The number of ketones is 1. The number of methoxy groups -OCH3 is 1. The lowest BCUT2D eigenvalue weighted by Gasteiger charge is -2.18. The molecule has 0 spiro atoms. The summed E-state index contributed by atoms with van der Waals surface area (Å²) < 4.78 is 10.7. The Labute approximate surface area is 128 Å². The zero-order chi connectivity index (χ0) is 15.5. The number of para-hydroxylation sites is 1. The second-order valence-corrected chi connectivity index (χ2v) is 4.86. The smallest absolute Gasteiger partial charge is 0.196 e. The van der Waals surface area contributed by atoms with Crippen LogP contribution in [-0.4, -0.2) is 19.5 Å². The Morgan fingerprint density at radius 1 is 1.27 bits per heavy atom. The van der Waals surface area contributed by atoms with Crippen molar-refractivity contribution in [1.29, 1.82) is 5.26 Å². The molecule has 4 heteroatoms. The number of nitrogens with zero attached hydrogens (tertiary/aromatic N) is 1. The third kappa shape index (κ3) is 2.45. The predicted molar refractivity (Wildman–Crippen MR) is 82.0 cm³/mol. The highest BCUT2D eigenvalue weighted by molar-refractivity contribution is 6.14. The molecule has 1 aliphatic heterocycles. The van der Waals surface area contributed by atoms with Crippen LogP contribution in [0.25, 0.3) is 6.08 Å². The average Bonchev–Trinajstić information content (AvgIpc) is 2.57. The lowest BCUT2D eigenvalue weighted by atomic mass is 9.98. The number of carbonyl (C=O) groups excluding carboxylic acids is 1. The molecule has 4 nitrogen and oxygen atoms in total. The molecular weight excluding hydrogens is 278 g/mol. The molecule has 0 saturated heterocycles. The molecule has 22 heavy (non-hydrogen) atoms. The molecule has 108 valence electrons. The lowest BCUT2D eigenvalue weighted by Crippen LogP contribution is -2.18. The summed E-state index contributed by atoms with van der Waals surface area (Å²) in [7, 11) is 1.52. The first kappa shape index (κ1) is 13.9. The molecule has 3 rings (SSSR count). The Bertz CT molecular complexity index is 815. The van der Waals surface area contributed by atoms with Crippen molar-refractivity contribution < 1.29 is 14.3 Å². The van der Waals surface area contributed by atoms with Gasteiger partial charge in [-0.1, -0.05) is 18.2 Å².